The molecule has 160 valence electrons. The van der Waals surface area contributed by atoms with Gasteiger partial charge in [-0.25, -0.2) is 4.52 Å². The van der Waals surface area contributed by atoms with Gasteiger partial charge in [0.1, 0.15) is 0 Å². The summed E-state index contributed by atoms with van der Waals surface area (Å²) in [7, 11) is 1.76. The highest BCUT2D eigenvalue weighted by molar-refractivity contribution is 6.30. The number of methoxy groups -OCH3 is 1. The zero-order valence-electron chi connectivity index (χ0n) is 18.3. The monoisotopic (exact) mass is 432 g/mol. The molecule has 0 aliphatic heterocycles. The first kappa shape index (κ1) is 21.6. The maximum atomic E-state index is 6.41. The second kappa shape index (κ2) is 10.1. The van der Waals surface area contributed by atoms with Crippen LogP contribution in [0, 0.1) is 0 Å². The van der Waals surface area contributed by atoms with Crippen LogP contribution in [0.4, 0.5) is 0 Å². The fraction of sp³-hybridized carbons (Fsp3) is 0.296. The van der Waals surface area contributed by atoms with Crippen molar-refractivity contribution in [3.05, 3.63) is 83.0 Å². The van der Waals surface area contributed by atoms with E-state index in [0.717, 1.165) is 66.1 Å². The van der Waals surface area contributed by atoms with Crippen molar-refractivity contribution in [1.29, 1.82) is 0 Å². The first-order valence-corrected chi connectivity index (χ1v) is 11.4. The Morgan fingerprint density at radius 2 is 1.71 bits per heavy atom. The summed E-state index contributed by atoms with van der Waals surface area (Å²) in [5, 5.41) is 5.91. The fourth-order valence-corrected chi connectivity index (χ4v) is 4.43. The number of ether oxygens (including phenoxy) is 1. The number of nitrogens with zero attached hydrogens (tertiary/aromatic N) is 2. The van der Waals surface area contributed by atoms with Crippen molar-refractivity contribution >= 4 is 17.1 Å². The zero-order chi connectivity index (χ0) is 21.6. The summed E-state index contributed by atoms with van der Waals surface area (Å²) in [4.78, 5) is 0. The number of halogens is 1. The minimum atomic E-state index is 0.752. The quantitative estimate of drug-likeness (QED) is 0.260. The first-order chi connectivity index (χ1) is 15.2. The summed E-state index contributed by atoms with van der Waals surface area (Å²) >= 11 is 6.41. The molecule has 31 heavy (non-hydrogen) atoms. The average Bonchev–Trinajstić information content (AvgIpc) is 3.21. The average molecular weight is 433 g/mol. The lowest BCUT2D eigenvalue weighted by Crippen LogP contribution is -2.06. The van der Waals surface area contributed by atoms with Gasteiger partial charge in [-0.15, -0.1) is 0 Å². The van der Waals surface area contributed by atoms with Crippen molar-refractivity contribution in [2.45, 2.75) is 39.0 Å². The Morgan fingerprint density at radius 1 is 0.903 bits per heavy atom. The van der Waals surface area contributed by atoms with Crippen molar-refractivity contribution in [3.8, 4) is 22.4 Å². The number of aromatic nitrogens is 2. The molecule has 4 heteroatoms. The predicted molar refractivity (Wildman–Crippen MR) is 130 cm³/mol. The highest BCUT2D eigenvalue weighted by Crippen LogP contribution is 2.37. The van der Waals surface area contributed by atoms with Gasteiger partial charge in [0.2, 0.25) is 0 Å². The molecule has 0 aliphatic rings. The third kappa shape index (κ3) is 4.68. The number of unbranched alkanes of at least 4 members (excludes halogenated alkanes) is 2. The first-order valence-electron chi connectivity index (χ1n) is 11.1. The van der Waals surface area contributed by atoms with Crippen LogP contribution >= 0.6 is 11.6 Å². The Kier molecular flexibility index (Phi) is 7.06. The van der Waals surface area contributed by atoms with Gasteiger partial charge in [-0.1, -0.05) is 67.4 Å². The van der Waals surface area contributed by atoms with Crippen LogP contribution in [0.5, 0.6) is 0 Å². The van der Waals surface area contributed by atoms with Crippen LogP contribution in [0.3, 0.4) is 0 Å². The van der Waals surface area contributed by atoms with Gasteiger partial charge in [-0.05, 0) is 61.1 Å². The van der Waals surface area contributed by atoms with Crippen LogP contribution in [-0.4, -0.2) is 23.3 Å². The van der Waals surface area contributed by atoms with Gasteiger partial charge in [0.05, 0.1) is 11.2 Å². The Labute approximate surface area is 189 Å². The largest absolute Gasteiger partial charge is 0.385 e. The number of benzene rings is 2. The highest BCUT2D eigenvalue weighted by atomic mass is 35.5. The van der Waals surface area contributed by atoms with Gasteiger partial charge in [0.15, 0.2) is 0 Å². The molecular formula is C27H29ClN2O. The fourth-order valence-electron chi connectivity index (χ4n) is 4.24. The molecule has 0 amide bonds. The lowest BCUT2D eigenvalue weighted by atomic mass is 9.92. The smallest absolute Gasteiger partial charge is 0.0951 e. The highest BCUT2D eigenvalue weighted by Gasteiger charge is 2.19. The van der Waals surface area contributed by atoms with Crippen LogP contribution in [0.15, 0.2) is 66.7 Å². The lowest BCUT2D eigenvalue weighted by Gasteiger charge is -2.18. The van der Waals surface area contributed by atoms with Crippen molar-refractivity contribution in [2.75, 3.05) is 13.7 Å². The molecule has 2 aromatic carbocycles. The number of rotatable bonds is 9. The van der Waals surface area contributed by atoms with Crippen molar-refractivity contribution in [1.82, 2.24) is 9.61 Å². The second-order valence-electron chi connectivity index (χ2n) is 7.86. The predicted octanol–water partition coefficient (Wildman–Crippen LogP) is 7.24. The zero-order valence-corrected chi connectivity index (χ0v) is 19.0. The Bertz CT molecular complexity index is 1150. The molecule has 0 saturated carbocycles. The summed E-state index contributed by atoms with van der Waals surface area (Å²) < 4.78 is 7.35. The molecule has 0 radical (unpaired) electrons. The molecule has 4 rings (SSSR count). The SMILES string of the molecule is CCc1ccc2c(-c3cccc(Cl)c3)c(CCCCCOC)c(-c3ccccc3)nn12. The van der Waals surface area contributed by atoms with Gasteiger partial charge < -0.3 is 4.74 Å². The van der Waals surface area contributed by atoms with Crippen LogP contribution < -0.4 is 0 Å². The molecule has 0 unspecified atom stereocenters. The van der Waals surface area contributed by atoms with E-state index in [4.69, 9.17) is 21.4 Å². The summed E-state index contributed by atoms with van der Waals surface area (Å²) in [5.41, 5.74) is 8.23. The second-order valence-corrected chi connectivity index (χ2v) is 8.29. The van der Waals surface area contributed by atoms with Crippen LogP contribution in [0.25, 0.3) is 27.9 Å². The van der Waals surface area contributed by atoms with Crippen LogP contribution in [0.2, 0.25) is 5.02 Å². The van der Waals surface area contributed by atoms with E-state index in [0.29, 0.717) is 0 Å². The molecule has 0 aliphatic carbocycles. The number of fused-ring (bicyclic) bond motifs is 1. The Hall–Kier alpha value is -2.62. The van der Waals surface area contributed by atoms with Crippen molar-refractivity contribution in [3.63, 3.8) is 0 Å². The summed E-state index contributed by atoms with van der Waals surface area (Å²) in [6.45, 7) is 2.98. The van der Waals surface area contributed by atoms with E-state index in [2.05, 4.69) is 66.0 Å². The molecular weight excluding hydrogens is 404 g/mol. The van der Waals surface area contributed by atoms with E-state index in [-0.39, 0.29) is 0 Å². The van der Waals surface area contributed by atoms with E-state index in [1.807, 2.05) is 12.1 Å². The van der Waals surface area contributed by atoms with Crippen LogP contribution in [0.1, 0.15) is 37.4 Å². The topological polar surface area (TPSA) is 26.5 Å². The summed E-state index contributed by atoms with van der Waals surface area (Å²) in [5.74, 6) is 0. The number of hydrogen-bond donors (Lipinski definition) is 0. The molecule has 0 spiro atoms. The molecule has 0 fully saturated rings. The molecule has 0 N–H and O–H groups in total. The van der Waals surface area contributed by atoms with Gasteiger partial charge >= 0.3 is 0 Å². The van der Waals surface area contributed by atoms with Crippen molar-refractivity contribution in [2.24, 2.45) is 0 Å². The molecule has 2 aromatic heterocycles. The summed E-state index contributed by atoms with van der Waals surface area (Å²) in [6, 6.07) is 23.1. The minimum absolute atomic E-state index is 0.752. The molecule has 4 aromatic rings. The van der Waals surface area contributed by atoms with Gasteiger partial charge in [-0.3, -0.25) is 0 Å². The molecule has 0 saturated heterocycles. The summed E-state index contributed by atoms with van der Waals surface area (Å²) in [6.07, 6.45) is 5.19. The minimum Gasteiger partial charge on any atom is -0.385 e. The lowest BCUT2D eigenvalue weighted by molar-refractivity contribution is 0.192. The van der Waals surface area contributed by atoms with E-state index >= 15 is 0 Å². The third-order valence-electron chi connectivity index (χ3n) is 5.78. The van der Waals surface area contributed by atoms with Gasteiger partial charge in [0.25, 0.3) is 0 Å². The number of hydrogen-bond acceptors (Lipinski definition) is 2. The van der Waals surface area contributed by atoms with E-state index in [1.54, 1.807) is 7.11 Å². The van der Waals surface area contributed by atoms with Gasteiger partial charge in [-0.2, -0.15) is 5.10 Å². The number of aryl methyl sites for hydroxylation is 1. The molecule has 3 nitrogen and oxygen atoms in total. The van der Waals surface area contributed by atoms with Crippen molar-refractivity contribution < 1.29 is 4.74 Å². The normalized spacial score (nSPS) is 11.3. The maximum Gasteiger partial charge on any atom is 0.0951 e. The van der Waals surface area contributed by atoms with E-state index in [1.165, 1.54) is 16.8 Å². The molecule has 2 heterocycles. The van der Waals surface area contributed by atoms with E-state index < -0.39 is 0 Å². The van der Waals surface area contributed by atoms with E-state index in [9.17, 15) is 0 Å². The third-order valence-corrected chi connectivity index (χ3v) is 6.01. The van der Waals surface area contributed by atoms with Gasteiger partial charge in [0, 0.05) is 35.6 Å². The molecule has 0 bridgehead atoms. The van der Waals surface area contributed by atoms with Crippen LogP contribution in [-0.2, 0) is 17.6 Å². The Balaban J connectivity index is 1.93. The maximum absolute atomic E-state index is 6.41. The molecule has 0 atom stereocenters. The standard InChI is InChI=1S/C27H29ClN2O/c1-3-23-16-17-25-26(21-13-10-14-22(28)19-21)24(15-8-5-9-18-31-2)27(29-30(23)25)20-11-6-4-7-12-20/h4,6-7,10-14,16-17,19H,3,5,8-9,15,18H2,1-2H3. The Morgan fingerprint density at radius 3 is 2.45 bits per heavy atom.